The van der Waals surface area contributed by atoms with E-state index in [9.17, 15) is 9.90 Å². The summed E-state index contributed by atoms with van der Waals surface area (Å²) in [7, 11) is 3.16. The van der Waals surface area contributed by atoms with Crippen molar-refractivity contribution < 1.29 is 14.6 Å². The Kier molecular flexibility index (Phi) is 12.7. The first-order chi connectivity index (χ1) is 13.3. The van der Waals surface area contributed by atoms with E-state index in [-0.39, 0.29) is 18.3 Å². The fourth-order valence-electron chi connectivity index (χ4n) is 2.14. The minimum atomic E-state index is -0.331. The highest BCUT2D eigenvalue weighted by molar-refractivity contribution is 6.32. The average Bonchev–Trinajstić information content (AvgIpc) is 2.69. The van der Waals surface area contributed by atoms with Crippen molar-refractivity contribution in [1.29, 1.82) is 0 Å². The molecule has 0 fully saturated rings. The Hall–Kier alpha value is -2.90. The number of carbonyl (C=O) groups is 1. The van der Waals surface area contributed by atoms with Gasteiger partial charge >= 0.3 is 5.97 Å². The number of nitrogens with zero attached hydrogens (tertiary/aromatic N) is 1. The lowest BCUT2D eigenvalue weighted by Crippen LogP contribution is -2.25. The van der Waals surface area contributed by atoms with E-state index in [2.05, 4.69) is 12.3 Å². The maximum atomic E-state index is 11.6. The summed E-state index contributed by atoms with van der Waals surface area (Å²) in [4.78, 5) is 13.4. The minimum Gasteiger partial charge on any atom is -0.508 e. The summed E-state index contributed by atoms with van der Waals surface area (Å²) in [5, 5.41) is 10.1. The van der Waals surface area contributed by atoms with Crippen LogP contribution in [0.2, 0.25) is 0 Å². The Morgan fingerprint density at radius 2 is 1.86 bits per heavy atom. The number of phenols is 1. The fraction of sp³-hybridized carbons (Fsp3) is 0.261. The van der Waals surface area contributed by atoms with Gasteiger partial charge in [-0.1, -0.05) is 35.9 Å². The summed E-state index contributed by atoms with van der Waals surface area (Å²) in [6.45, 7) is 5.56. The largest absolute Gasteiger partial charge is 0.508 e. The van der Waals surface area contributed by atoms with Gasteiger partial charge in [0, 0.05) is 17.8 Å². The molecule has 0 unspecified atom stereocenters. The molecule has 0 saturated heterocycles. The topological polar surface area (TPSA) is 49.8 Å². The Morgan fingerprint density at radius 1 is 1.29 bits per heavy atom. The summed E-state index contributed by atoms with van der Waals surface area (Å²) in [6, 6.07) is 6.79. The fourth-order valence-corrected chi connectivity index (χ4v) is 2.31. The molecule has 0 spiro atoms. The van der Waals surface area contributed by atoms with E-state index in [0.29, 0.717) is 5.03 Å². The van der Waals surface area contributed by atoms with E-state index in [1.54, 1.807) is 43.1 Å². The summed E-state index contributed by atoms with van der Waals surface area (Å²) < 4.78 is 4.73. The molecule has 5 heteroatoms. The van der Waals surface area contributed by atoms with Crippen molar-refractivity contribution in [3.8, 4) is 18.1 Å². The molecule has 1 N–H and O–H groups in total. The van der Waals surface area contributed by atoms with Crippen molar-refractivity contribution in [1.82, 2.24) is 4.90 Å². The molecule has 0 radical (unpaired) electrons. The molecule has 0 aromatic heterocycles. The Labute approximate surface area is 173 Å². The molecule has 1 aromatic carbocycles. The maximum Gasteiger partial charge on any atom is 0.325 e. The molecule has 1 rings (SSSR count). The first kappa shape index (κ1) is 25.1. The van der Waals surface area contributed by atoms with Gasteiger partial charge in [-0.2, -0.15) is 0 Å². The highest BCUT2D eigenvalue weighted by atomic mass is 35.5. The zero-order valence-corrected chi connectivity index (χ0v) is 17.8. The molecule has 0 bridgehead atoms. The number of rotatable bonds is 7. The third-order valence-corrected chi connectivity index (χ3v) is 3.97. The van der Waals surface area contributed by atoms with E-state index in [0.717, 1.165) is 16.8 Å². The third-order valence-electron chi connectivity index (χ3n) is 3.54. The number of aromatic hydroxyl groups is 1. The van der Waals surface area contributed by atoms with Gasteiger partial charge in [0.15, 0.2) is 0 Å². The van der Waals surface area contributed by atoms with Gasteiger partial charge in [-0.05, 0) is 62.2 Å². The molecule has 0 amide bonds. The molecule has 150 valence electrons. The van der Waals surface area contributed by atoms with Crippen LogP contribution < -0.4 is 0 Å². The SMILES string of the molecule is C#CC.C/C=C(/C=C/C=C(/c1ccc(O)cc1)N(C)CC(=O)OC)C(\Cl)=C/C. The highest BCUT2D eigenvalue weighted by Gasteiger charge is 2.11. The lowest BCUT2D eigenvalue weighted by molar-refractivity contribution is -0.140. The van der Waals surface area contributed by atoms with Crippen LogP contribution in [0.15, 0.2) is 65.3 Å². The molecule has 0 saturated carbocycles. The normalized spacial score (nSPS) is 12.1. The van der Waals surface area contributed by atoms with Crippen LogP contribution in [0.4, 0.5) is 0 Å². The summed E-state index contributed by atoms with van der Waals surface area (Å²) >= 11 is 6.15. The predicted molar refractivity (Wildman–Crippen MR) is 118 cm³/mol. The first-order valence-corrected chi connectivity index (χ1v) is 9.03. The molecule has 28 heavy (non-hydrogen) atoms. The van der Waals surface area contributed by atoms with Gasteiger partial charge in [0.2, 0.25) is 0 Å². The summed E-state index contributed by atoms with van der Waals surface area (Å²) in [5.41, 5.74) is 2.59. The lowest BCUT2D eigenvalue weighted by Gasteiger charge is -2.21. The van der Waals surface area contributed by atoms with Crippen LogP contribution in [0.3, 0.4) is 0 Å². The number of methoxy groups -OCH3 is 1. The molecule has 4 nitrogen and oxygen atoms in total. The molecular formula is C23H28ClNO3. The van der Waals surface area contributed by atoms with Crippen molar-refractivity contribution in [2.45, 2.75) is 20.8 Å². The number of hydrogen-bond donors (Lipinski definition) is 1. The molecule has 1 aromatic rings. The van der Waals surface area contributed by atoms with Crippen LogP contribution in [0.25, 0.3) is 5.70 Å². The number of terminal acetylenes is 1. The number of phenolic OH excluding ortho intramolecular Hbond substituents is 1. The number of halogens is 1. The number of ether oxygens (including phenoxy) is 1. The van der Waals surface area contributed by atoms with Gasteiger partial charge in [-0.3, -0.25) is 4.79 Å². The number of allylic oxidation sites excluding steroid dienone is 7. The van der Waals surface area contributed by atoms with Gasteiger partial charge in [-0.15, -0.1) is 12.3 Å². The maximum absolute atomic E-state index is 11.6. The van der Waals surface area contributed by atoms with Crippen molar-refractivity contribution >= 4 is 23.3 Å². The third kappa shape index (κ3) is 9.16. The van der Waals surface area contributed by atoms with Crippen LogP contribution in [-0.2, 0) is 9.53 Å². The Morgan fingerprint density at radius 3 is 2.32 bits per heavy atom. The van der Waals surface area contributed by atoms with Gasteiger partial charge in [0.1, 0.15) is 12.3 Å². The van der Waals surface area contributed by atoms with Gasteiger partial charge in [-0.25, -0.2) is 0 Å². The van der Waals surface area contributed by atoms with Crippen LogP contribution >= 0.6 is 11.6 Å². The number of esters is 1. The van der Waals surface area contributed by atoms with Crippen molar-refractivity contribution in [3.63, 3.8) is 0 Å². The van der Waals surface area contributed by atoms with Crippen molar-refractivity contribution in [2.24, 2.45) is 0 Å². The molecule has 0 aliphatic carbocycles. The second-order valence-corrected chi connectivity index (χ2v) is 5.97. The smallest absolute Gasteiger partial charge is 0.325 e. The average molecular weight is 402 g/mol. The lowest BCUT2D eigenvalue weighted by atomic mass is 10.1. The Balaban J connectivity index is 0.00000227. The van der Waals surface area contributed by atoms with Crippen LogP contribution in [0, 0.1) is 12.3 Å². The highest BCUT2D eigenvalue weighted by Crippen LogP contribution is 2.22. The molecular weight excluding hydrogens is 374 g/mol. The molecule has 0 heterocycles. The zero-order chi connectivity index (χ0) is 21.5. The van der Waals surface area contributed by atoms with Crippen LogP contribution in [-0.4, -0.2) is 36.7 Å². The number of carbonyl (C=O) groups excluding carboxylic acids is 1. The second kappa shape index (κ2) is 14.2. The molecule has 0 atom stereocenters. The summed E-state index contributed by atoms with van der Waals surface area (Å²) in [5.74, 6) is 2.10. The number of hydrogen-bond acceptors (Lipinski definition) is 4. The summed E-state index contributed by atoms with van der Waals surface area (Å²) in [6.07, 6.45) is 14.0. The van der Waals surface area contributed by atoms with Crippen molar-refractivity contribution in [2.75, 3.05) is 20.7 Å². The van der Waals surface area contributed by atoms with Crippen LogP contribution in [0.1, 0.15) is 26.3 Å². The molecule has 0 aliphatic heterocycles. The second-order valence-electron chi connectivity index (χ2n) is 5.56. The number of likely N-dealkylation sites (N-methyl/N-ethyl adjacent to an activating group) is 1. The number of benzene rings is 1. The van der Waals surface area contributed by atoms with E-state index >= 15 is 0 Å². The van der Waals surface area contributed by atoms with Gasteiger partial charge in [0.25, 0.3) is 0 Å². The van der Waals surface area contributed by atoms with Gasteiger partial charge in [0.05, 0.1) is 7.11 Å². The van der Waals surface area contributed by atoms with E-state index in [4.69, 9.17) is 16.3 Å². The Bertz CT molecular complexity index is 781. The monoisotopic (exact) mass is 401 g/mol. The van der Waals surface area contributed by atoms with Crippen molar-refractivity contribution in [3.05, 3.63) is 70.8 Å². The van der Waals surface area contributed by atoms with E-state index < -0.39 is 0 Å². The zero-order valence-electron chi connectivity index (χ0n) is 17.1. The predicted octanol–water partition coefficient (Wildman–Crippen LogP) is 5.12. The minimum absolute atomic E-state index is 0.114. The van der Waals surface area contributed by atoms with E-state index in [1.807, 2.05) is 44.2 Å². The molecule has 0 aliphatic rings. The van der Waals surface area contributed by atoms with Crippen LogP contribution in [0.5, 0.6) is 5.75 Å². The van der Waals surface area contributed by atoms with Gasteiger partial charge < -0.3 is 14.7 Å². The van der Waals surface area contributed by atoms with E-state index in [1.165, 1.54) is 7.11 Å². The standard InChI is InChI=1S/C20H24ClNO3.C3H4/c1-5-15(18(21)6-2)8-7-9-19(22(3)14-20(24)25-4)16-10-12-17(23)13-11-16;1-3-2/h5-13,23H,14H2,1-4H3;1H,2H3/b8-7+,15-5-,18-6+,19-9-;. The quantitative estimate of drug-likeness (QED) is 0.391. The first-order valence-electron chi connectivity index (χ1n) is 8.66.